The first-order chi connectivity index (χ1) is 13.3. The molecule has 2 fully saturated rings. The van der Waals surface area contributed by atoms with Crippen LogP contribution in [0.4, 0.5) is 9.59 Å². The van der Waals surface area contributed by atoms with E-state index in [1.807, 2.05) is 56.0 Å². The van der Waals surface area contributed by atoms with Crippen molar-refractivity contribution in [3.05, 3.63) is 35.9 Å². The number of piperazine rings is 1. The van der Waals surface area contributed by atoms with Crippen LogP contribution >= 0.6 is 0 Å². The van der Waals surface area contributed by atoms with Crippen LogP contribution in [0.1, 0.15) is 39.2 Å². The van der Waals surface area contributed by atoms with E-state index in [2.05, 4.69) is 5.32 Å². The number of nitrogens with zero attached hydrogens (tertiary/aromatic N) is 2. The Balaban J connectivity index is 1.58. The lowest BCUT2D eigenvalue weighted by Gasteiger charge is -2.41. The second-order valence-electron chi connectivity index (χ2n) is 8.41. The molecule has 0 bridgehead atoms. The quantitative estimate of drug-likeness (QED) is 0.842. The molecule has 154 valence electrons. The molecule has 28 heavy (non-hydrogen) atoms. The average molecular weight is 389 g/mol. The third-order valence-corrected chi connectivity index (χ3v) is 5.12. The fourth-order valence-corrected chi connectivity index (χ4v) is 3.78. The lowest BCUT2D eigenvalue weighted by Crippen LogP contribution is -2.60. The molecule has 1 N–H and O–H groups in total. The summed E-state index contributed by atoms with van der Waals surface area (Å²) in [6.45, 7) is 8.44. The average Bonchev–Trinajstić information content (AvgIpc) is 2.88. The zero-order valence-electron chi connectivity index (χ0n) is 17.0. The van der Waals surface area contributed by atoms with Crippen molar-refractivity contribution >= 4 is 12.2 Å². The molecule has 0 unspecified atom stereocenters. The van der Waals surface area contributed by atoms with Gasteiger partial charge in [0.05, 0.1) is 6.04 Å². The van der Waals surface area contributed by atoms with Crippen molar-refractivity contribution in [1.82, 2.24) is 15.1 Å². The van der Waals surface area contributed by atoms with Crippen molar-refractivity contribution in [3.63, 3.8) is 0 Å². The normalized spacial score (nSPS) is 22.8. The molecule has 1 aromatic carbocycles. The molecular weight excluding hydrogens is 358 g/mol. The first kappa shape index (κ1) is 20.5. The van der Waals surface area contributed by atoms with Gasteiger partial charge in [0.2, 0.25) is 0 Å². The number of amides is 2. The maximum Gasteiger partial charge on any atom is 0.410 e. The minimum absolute atomic E-state index is 0.0236. The van der Waals surface area contributed by atoms with Crippen molar-refractivity contribution in [2.75, 3.05) is 26.2 Å². The van der Waals surface area contributed by atoms with Gasteiger partial charge in [0, 0.05) is 32.2 Å². The highest BCUT2D eigenvalue weighted by atomic mass is 16.6. The molecule has 0 aromatic heterocycles. The number of hydrogen-bond acceptors (Lipinski definition) is 5. The number of rotatable bonds is 2. The Labute approximate surface area is 167 Å². The standard InChI is InChI=1S/C21H31N3O4/c1-21(2,3)28-20(26)24-14-11-22-17-9-12-23(13-10-18(17)24)19(25)27-15-16-7-5-4-6-8-16/h4-8,17-18,22H,9-15H2,1-3H3/t17-,18-/m1/s1. The van der Waals surface area contributed by atoms with Crippen molar-refractivity contribution in [2.24, 2.45) is 0 Å². The number of nitrogens with one attached hydrogen (secondary N) is 1. The Bertz CT molecular complexity index is 674. The van der Waals surface area contributed by atoms with E-state index >= 15 is 0 Å². The van der Waals surface area contributed by atoms with Crippen LogP contribution < -0.4 is 5.32 Å². The SMILES string of the molecule is CC(C)(C)OC(=O)N1CCN[C@@H]2CCN(C(=O)OCc3ccccc3)CC[C@H]21. The Morgan fingerprint density at radius 1 is 1.07 bits per heavy atom. The fraction of sp³-hybridized carbons (Fsp3) is 0.619. The summed E-state index contributed by atoms with van der Waals surface area (Å²) in [5.41, 5.74) is 0.451. The Morgan fingerprint density at radius 2 is 1.79 bits per heavy atom. The summed E-state index contributed by atoms with van der Waals surface area (Å²) in [7, 11) is 0. The van der Waals surface area contributed by atoms with Crippen LogP contribution in [0, 0.1) is 0 Å². The van der Waals surface area contributed by atoms with Gasteiger partial charge < -0.3 is 24.6 Å². The third kappa shape index (κ3) is 5.38. The van der Waals surface area contributed by atoms with Gasteiger partial charge in [-0.15, -0.1) is 0 Å². The van der Waals surface area contributed by atoms with E-state index in [9.17, 15) is 9.59 Å². The van der Waals surface area contributed by atoms with E-state index in [0.29, 0.717) is 26.1 Å². The maximum absolute atomic E-state index is 12.6. The van der Waals surface area contributed by atoms with Crippen molar-refractivity contribution < 1.29 is 19.1 Å². The fourth-order valence-electron chi connectivity index (χ4n) is 3.78. The molecule has 2 aliphatic rings. The second kappa shape index (κ2) is 8.82. The van der Waals surface area contributed by atoms with Crippen LogP contribution in [0.25, 0.3) is 0 Å². The monoisotopic (exact) mass is 389 g/mol. The summed E-state index contributed by atoms with van der Waals surface area (Å²) in [4.78, 5) is 28.7. The van der Waals surface area contributed by atoms with E-state index < -0.39 is 5.60 Å². The van der Waals surface area contributed by atoms with E-state index in [1.54, 1.807) is 4.90 Å². The van der Waals surface area contributed by atoms with Crippen molar-refractivity contribution in [1.29, 1.82) is 0 Å². The van der Waals surface area contributed by atoms with Crippen LogP contribution in [-0.2, 0) is 16.1 Å². The number of ether oxygens (including phenoxy) is 2. The van der Waals surface area contributed by atoms with Gasteiger partial charge in [-0.3, -0.25) is 0 Å². The Morgan fingerprint density at radius 3 is 2.50 bits per heavy atom. The minimum atomic E-state index is -0.518. The second-order valence-corrected chi connectivity index (χ2v) is 8.41. The molecule has 1 aromatic rings. The van der Waals surface area contributed by atoms with Crippen LogP contribution in [0.3, 0.4) is 0 Å². The lowest BCUT2D eigenvalue weighted by molar-refractivity contribution is 0.00517. The van der Waals surface area contributed by atoms with E-state index in [1.165, 1.54) is 0 Å². The number of benzene rings is 1. The summed E-state index contributed by atoms with van der Waals surface area (Å²) in [6.07, 6.45) is 0.914. The topological polar surface area (TPSA) is 71.1 Å². The summed E-state index contributed by atoms with van der Waals surface area (Å²) >= 11 is 0. The molecule has 2 atom stereocenters. The van der Waals surface area contributed by atoms with E-state index in [4.69, 9.17) is 9.47 Å². The summed E-state index contributed by atoms with van der Waals surface area (Å²) in [5, 5.41) is 3.50. The van der Waals surface area contributed by atoms with Crippen molar-refractivity contribution in [3.8, 4) is 0 Å². The minimum Gasteiger partial charge on any atom is -0.445 e. The van der Waals surface area contributed by atoms with Gasteiger partial charge in [0.25, 0.3) is 0 Å². The molecule has 3 rings (SSSR count). The predicted octanol–water partition coefficient (Wildman–Crippen LogP) is 3.00. The largest absolute Gasteiger partial charge is 0.445 e. The number of hydrogen-bond donors (Lipinski definition) is 1. The van der Waals surface area contributed by atoms with Crippen LogP contribution in [0.5, 0.6) is 0 Å². The highest BCUT2D eigenvalue weighted by Crippen LogP contribution is 2.23. The van der Waals surface area contributed by atoms with Crippen LogP contribution in [0.2, 0.25) is 0 Å². The third-order valence-electron chi connectivity index (χ3n) is 5.12. The van der Waals surface area contributed by atoms with E-state index in [-0.39, 0.29) is 30.9 Å². The maximum atomic E-state index is 12.6. The van der Waals surface area contributed by atoms with Gasteiger partial charge >= 0.3 is 12.2 Å². The zero-order chi connectivity index (χ0) is 20.1. The number of carbonyl (C=O) groups is 2. The molecule has 2 amide bonds. The Kier molecular flexibility index (Phi) is 6.44. The molecule has 7 heteroatoms. The molecule has 2 heterocycles. The number of carbonyl (C=O) groups excluding carboxylic acids is 2. The lowest BCUT2D eigenvalue weighted by atomic mass is 9.99. The van der Waals surface area contributed by atoms with Gasteiger partial charge in [0.1, 0.15) is 12.2 Å². The van der Waals surface area contributed by atoms with Crippen LogP contribution in [-0.4, -0.2) is 65.9 Å². The Hall–Kier alpha value is -2.28. The number of likely N-dealkylation sites (tertiary alicyclic amines) is 1. The molecule has 2 aliphatic heterocycles. The molecule has 2 saturated heterocycles. The van der Waals surface area contributed by atoms with E-state index in [0.717, 1.165) is 18.5 Å². The summed E-state index contributed by atoms with van der Waals surface area (Å²) in [6, 6.07) is 9.85. The highest BCUT2D eigenvalue weighted by Gasteiger charge is 2.38. The predicted molar refractivity (Wildman–Crippen MR) is 106 cm³/mol. The van der Waals surface area contributed by atoms with Gasteiger partial charge in [-0.2, -0.15) is 0 Å². The summed E-state index contributed by atoms with van der Waals surface area (Å²) < 4.78 is 11.1. The first-order valence-electron chi connectivity index (χ1n) is 10.0. The zero-order valence-corrected chi connectivity index (χ0v) is 17.0. The first-order valence-corrected chi connectivity index (χ1v) is 10.0. The summed E-state index contributed by atoms with van der Waals surface area (Å²) in [5.74, 6) is 0. The highest BCUT2D eigenvalue weighted by molar-refractivity contribution is 5.69. The van der Waals surface area contributed by atoms with Gasteiger partial charge in [0.15, 0.2) is 0 Å². The van der Waals surface area contributed by atoms with Gasteiger partial charge in [-0.05, 0) is 39.2 Å². The van der Waals surface area contributed by atoms with Gasteiger partial charge in [-0.25, -0.2) is 9.59 Å². The van der Waals surface area contributed by atoms with Gasteiger partial charge in [-0.1, -0.05) is 30.3 Å². The molecule has 0 spiro atoms. The smallest absolute Gasteiger partial charge is 0.410 e. The molecule has 0 saturated carbocycles. The molecule has 0 radical (unpaired) electrons. The van der Waals surface area contributed by atoms with Crippen molar-refractivity contribution in [2.45, 2.75) is 57.9 Å². The number of fused-ring (bicyclic) bond motifs is 1. The molecule has 0 aliphatic carbocycles. The molecular formula is C21H31N3O4. The molecule has 7 nitrogen and oxygen atoms in total. The van der Waals surface area contributed by atoms with Crippen LogP contribution in [0.15, 0.2) is 30.3 Å².